The van der Waals surface area contributed by atoms with E-state index in [0.29, 0.717) is 11.3 Å². The number of aryl methyl sites for hydroxylation is 1. The molecular weight excluding hydrogens is 236 g/mol. The van der Waals surface area contributed by atoms with Crippen molar-refractivity contribution < 1.29 is 9.53 Å². The minimum Gasteiger partial charge on any atom is -0.456 e. The van der Waals surface area contributed by atoms with Crippen LogP contribution in [0.5, 0.6) is 0 Å². The van der Waals surface area contributed by atoms with Gasteiger partial charge in [-0.05, 0) is 30.7 Å². The van der Waals surface area contributed by atoms with Crippen molar-refractivity contribution in [1.29, 1.82) is 0 Å². The number of anilines is 1. The number of hydrogen-bond donors (Lipinski definition) is 1. The summed E-state index contributed by atoms with van der Waals surface area (Å²) in [6.45, 7) is 2.11. The van der Waals surface area contributed by atoms with Crippen LogP contribution in [0.1, 0.15) is 20.8 Å². The van der Waals surface area contributed by atoms with Gasteiger partial charge in [0.15, 0.2) is 0 Å². The van der Waals surface area contributed by atoms with Crippen LogP contribution in [0.4, 0.5) is 5.69 Å². The zero-order valence-electron chi connectivity index (χ0n) is 9.34. The molecular formula is C12H12N2O2S. The van der Waals surface area contributed by atoms with Gasteiger partial charge >= 0.3 is 5.97 Å². The van der Waals surface area contributed by atoms with E-state index in [0.717, 1.165) is 10.4 Å². The van der Waals surface area contributed by atoms with Gasteiger partial charge < -0.3 is 10.5 Å². The number of nitrogens with zero attached hydrogens (tertiary/aromatic N) is 1. The van der Waals surface area contributed by atoms with Crippen molar-refractivity contribution in [2.24, 2.45) is 0 Å². The monoisotopic (exact) mass is 248 g/mol. The molecule has 0 aliphatic rings. The van der Waals surface area contributed by atoms with Gasteiger partial charge in [-0.25, -0.2) is 4.79 Å². The first-order valence-electron chi connectivity index (χ1n) is 5.07. The van der Waals surface area contributed by atoms with E-state index >= 15 is 0 Å². The summed E-state index contributed by atoms with van der Waals surface area (Å²) < 4.78 is 5.16. The molecule has 0 spiro atoms. The third-order valence-corrected chi connectivity index (χ3v) is 3.09. The van der Waals surface area contributed by atoms with Crippen LogP contribution in [0.2, 0.25) is 0 Å². The quantitative estimate of drug-likeness (QED) is 0.669. The number of benzene rings is 1. The average molecular weight is 248 g/mol. The van der Waals surface area contributed by atoms with E-state index in [1.165, 1.54) is 11.3 Å². The van der Waals surface area contributed by atoms with E-state index in [-0.39, 0.29) is 12.6 Å². The van der Waals surface area contributed by atoms with Gasteiger partial charge in [0, 0.05) is 11.9 Å². The standard InChI is InChI=1S/C12H12N2O2S/c1-8-4-9(2-3-11(8)13)12(15)16-6-10-5-14-7-17-10/h2-5,7H,6,13H2,1H3. The Bertz CT molecular complexity index is 523. The molecule has 0 fully saturated rings. The summed E-state index contributed by atoms with van der Waals surface area (Å²) in [6.07, 6.45) is 1.69. The molecule has 0 bridgehead atoms. The Morgan fingerprint density at radius 1 is 1.53 bits per heavy atom. The van der Waals surface area contributed by atoms with Crippen molar-refractivity contribution in [3.05, 3.63) is 45.9 Å². The molecule has 2 aromatic rings. The Kier molecular flexibility index (Phi) is 3.39. The van der Waals surface area contributed by atoms with E-state index < -0.39 is 0 Å². The van der Waals surface area contributed by atoms with Crippen LogP contribution in [-0.2, 0) is 11.3 Å². The van der Waals surface area contributed by atoms with Crippen LogP contribution in [0.3, 0.4) is 0 Å². The summed E-state index contributed by atoms with van der Waals surface area (Å²) in [4.78, 5) is 16.6. The highest BCUT2D eigenvalue weighted by Gasteiger charge is 2.08. The van der Waals surface area contributed by atoms with Crippen LogP contribution in [0, 0.1) is 6.92 Å². The number of nitrogens with two attached hydrogens (primary N) is 1. The molecule has 0 unspecified atom stereocenters. The van der Waals surface area contributed by atoms with Gasteiger partial charge in [-0.3, -0.25) is 4.98 Å². The highest BCUT2D eigenvalue weighted by molar-refractivity contribution is 7.09. The maximum Gasteiger partial charge on any atom is 0.338 e. The molecule has 0 aliphatic heterocycles. The zero-order chi connectivity index (χ0) is 12.3. The Labute approximate surface area is 103 Å². The highest BCUT2D eigenvalue weighted by Crippen LogP contribution is 2.14. The number of rotatable bonds is 3. The van der Waals surface area contributed by atoms with Gasteiger partial charge in [0.2, 0.25) is 0 Å². The predicted octanol–water partition coefficient (Wildman–Crippen LogP) is 2.39. The van der Waals surface area contributed by atoms with E-state index in [2.05, 4.69) is 4.98 Å². The minimum absolute atomic E-state index is 0.257. The number of esters is 1. The molecule has 0 saturated carbocycles. The number of carbonyl (C=O) groups excluding carboxylic acids is 1. The lowest BCUT2D eigenvalue weighted by molar-refractivity contribution is 0.0476. The van der Waals surface area contributed by atoms with Gasteiger partial charge in [-0.2, -0.15) is 0 Å². The molecule has 5 heteroatoms. The molecule has 17 heavy (non-hydrogen) atoms. The zero-order valence-corrected chi connectivity index (χ0v) is 10.2. The van der Waals surface area contributed by atoms with Crippen molar-refractivity contribution >= 4 is 23.0 Å². The van der Waals surface area contributed by atoms with Gasteiger partial charge in [-0.15, -0.1) is 11.3 Å². The molecule has 2 N–H and O–H groups in total. The number of ether oxygens (including phenoxy) is 1. The molecule has 2 rings (SSSR count). The molecule has 1 aromatic carbocycles. The third-order valence-electron chi connectivity index (χ3n) is 2.33. The van der Waals surface area contributed by atoms with Crippen molar-refractivity contribution in [2.75, 3.05) is 5.73 Å². The summed E-state index contributed by atoms with van der Waals surface area (Å²) in [5, 5.41) is 0. The van der Waals surface area contributed by atoms with Crippen molar-refractivity contribution in [3.8, 4) is 0 Å². The molecule has 1 aromatic heterocycles. The summed E-state index contributed by atoms with van der Waals surface area (Å²) in [5.74, 6) is -0.346. The van der Waals surface area contributed by atoms with Gasteiger partial charge in [0.1, 0.15) is 6.61 Å². The van der Waals surface area contributed by atoms with Crippen LogP contribution >= 0.6 is 11.3 Å². The van der Waals surface area contributed by atoms with Gasteiger partial charge in [-0.1, -0.05) is 0 Å². The van der Waals surface area contributed by atoms with Crippen LogP contribution < -0.4 is 5.73 Å². The maximum absolute atomic E-state index is 11.7. The number of nitrogen functional groups attached to an aromatic ring is 1. The SMILES string of the molecule is Cc1cc(C(=O)OCc2cncs2)ccc1N. The Hall–Kier alpha value is -1.88. The fourth-order valence-corrected chi connectivity index (χ4v) is 1.84. The smallest absolute Gasteiger partial charge is 0.338 e. The molecule has 0 amide bonds. The number of aromatic nitrogens is 1. The van der Waals surface area contributed by atoms with Crippen molar-refractivity contribution in [3.63, 3.8) is 0 Å². The molecule has 0 atom stereocenters. The van der Waals surface area contributed by atoms with Crippen molar-refractivity contribution in [1.82, 2.24) is 4.98 Å². The van der Waals surface area contributed by atoms with Crippen LogP contribution in [0.25, 0.3) is 0 Å². The Morgan fingerprint density at radius 3 is 3.00 bits per heavy atom. The molecule has 0 aliphatic carbocycles. The molecule has 0 radical (unpaired) electrons. The molecule has 4 nitrogen and oxygen atoms in total. The van der Waals surface area contributed by atoms with Crippen molar-refractivity contribution in [2.45, 2.75) is 13.5 Å². The fourth-order valence-electron chi connectivity index (χ4n) is 1.34. The lowest BCUT2D eigenvalue weighted by Crippen LogP contribution is -2.05. The first-order chi connectivity index (χ1) is 8.16. The largest absolute Gasteiger partial charge is 0.456 e. The Balaban J connectivity index is 2.02. The summed E-state index contributed by atoms with van der Waals surface area (Å²) >= 11 is 1.46. The molecule has 88 valence electrons. The average Bonchev–Trinajstić information content (AvgIpc) is 2.82. The lowest BCUT2D eigenvalue weighted by Gasteiger charge is -2.05. The lowest BCUT2D eigenvalue weighted by atomic mass is 10.1. The van der Waals surface area contributed by atoms with E-state index in [9.17, 15) is 4.79 Å². The maximum atomic E-state index is 11.7. The van der Waals surface area contributed by atoms with Crippen LogP contribution in [-0.4, -0.2) is 11.0 Å². The molecule has 1 heterocycles. The number of carbonyl (C=O) groups is 1. The number of thiazole rings is 1. The summed E-state index contributed by atoms with van der Waals surface area (Å²) in [5.41, 5.74) is 9.44. The van der Waals surface area contributed by atoms with Gasteiger partial charge in [0.25, 0.3) is 0 Å². The minimum atomic E-state index is -0.346. The first-order valence-corrected chi connectivity index (χ1v) is 5.95. The highest BCUT2D eigenvalue weighted by atomic mass is 32.1. The Morgan fingerprint density at radius 2 is 2.35 bits per heavy atom. The van der Waals surface area contributed by atoms with E-state index in [4.69, 9.17) is 10.5 Å². The first kappa shape index (κ1) is 11.6. The second-order valence-electron chi connectivity index (χ2n) is 3.62. The predicted molar refractivity (Wildman–Crippen MR) is 66.8 cm³/mol. The topological polar surface area (TPSA) is 65.2 Å². The third kappa shape index (κ3) is 2.82. The van der Waals surface area contributed by atoms with Gasteiger partial charge in [0.05, 0.1) is 16.0 Å². The normalized spacial score (nSPS) is 10.2. The molecule has 0 saturated heterocycles. The second kappa shape index (κ2) is 4.97. The fraction of sp³-hybridized carbons (Fsp3) is 0.167. The summed E-state index contributed by atoms with van der Waals surface area (Å²) in [7, 11) is 0. The van der Waals surface area contributed by atoms with Crippen LogP contribution in [0.15, 0.2) is 29.9 Å². The van der Waals surface area contributed by atoms with E-state index in [1.54, 1.807) is 29.9 Å². The van der Waals surface area contributed by atoms with E-state index in [1.807, 2.05) is 6.92 Å². The second-order valence-corrected chi connectivity index (χ2v) is 4.59. The summed E-state index contributed by atoms with van der Waals surface area (Å²) in [6, 6.07) is 5.10. The number of hydrogen-bond acceptors (Lipinski definition) is 5.